The molecule has 1 spiro atoms. The first-order chi connectivity index (χ1) is 19.4. The molecule has 1 saturated heterocycles. The van der Waals surface area contributed by atoms with E-state index in [4.69, 9.17) is 4.42 Å². The van der Waals surface area contributed by atoms with Gasteiger partial charge < -0.3 is 14.6 Å². The van der Waals surface area contributed by atoms with Crippen molar-refractivity contribution in [3.63, 3.8) is 0 Å². The van der Waals surface area contributed by atoms with Gasteiger partial charge in [0.15, 0.2) is 11.5 Å². The van der Waals surface area contributed by atoms with Crippen LogP contribution in [0.1, 0.15) is 43.6 Å². The predicted octanol–water partition coefficient (Wildman–Crippen LogP) is 5.17. The molecular formula is C31H21N3O6. The molecule has 4 atom stereocenters. The number of non-ortho nitro benzene ring substituents is 1. The number of amides is 1. The lowest BCUT2D eigenvalue weighted by atomic mass is 9.63. The zero-order valence-corrected chi connectivity index (χ0v) is 20.9. The highest BCUT2D eigenvalue weighted by Crippen LogP contribution is 2.62. The number of nitro benzene ring substituents is 1. The van der Waals surface area contributed by atoms with E-state index in [1.54, 1.807) is 35.4 Å². The van der Waals surface area contributed by atoms with Gasteiger partial charge in [-0.2, -0.15) is 0 Å². The summed E-state index contributed by atoms with van der Waals surface area (Å²) >= 11 is 0. The van der Waals surface area contributed by atoms with Crippen LogP contribution in [0, 0.1) is 16.0 Å². The van der Waals surface area contributed by atoms with Gasteiger partial charge in [-0.3, -0.25) is 24.5 Å². The second kappa shape index (κ2) is 8.60. The van der Waals surface area contributed by atoms with Crippen LogP contribution in [0.3, 0.4) is 0 Å². The number of furan rings is 1. The molecule has 3 aliphatic heterocycles. The molecular weight excluding hydrogens is 510 g/mol. The van der Waals surface area contributed by atoms with E-state index in [1.807, 2.05) is 36.4 Å². The quantitative estimate of drug-likeness (QED) is 0.214. The molecule has 1 amide bonds. The van der Waals surface area contributed by atoms with Gasteiger partial charge in [0.25, 0.3) is 5.69 Å². The van der Waals surface area contributed by atoms with Gasteiger partial charge in [0, 0.05) is 29.6 Å². The zero-order valence-electron chi connectivity index (χ0n) is 20.9. The third-order valence-electron chi connectivity index (χ3n) is 8.23. The second-order valence-electron chi connectivity index (χ2n) is 10.1. The van der Waals surface area contributed by atoms with Gasteiger partial charge in [0.2, 0.25) is 11.7 Å². The Bertz CT molecular complexity index is 1760. The van der Waals surface area contributed by atoms with E-state index in [0.717, 1.165) is 11.1 Å². The number of anilines is 1. The minimum Gasteiger partial charge on any atom is -0.461 e. The number of fused-ring (bicyclic) bond motifs is 6. The first-order valence-electron chi connectivity index (χ1n) is 12.7. The minimum atomic E-state index is -1.50. The third-order valence-corrected chi connectivity index (χ3v) is 8.23. The maximum atomic E-state index is 14.4. The Morgan fingerprint density at radius 1 is 0.950 bits per heavy atom. The van der Waals surface area contributed by atoms with Crippen LogP contribution in [-0.2, 0) is 10.2 Å². The summed E-state index contributed by atoms with van der Waals surface area (Å²) in [6, 6.07) is 21.5. The van der Waals surface area contributed by atoms with Gasteiger partial charge in [0.1, 0.15) is 11.5 Å². The first-order valence-corrected chi connectivity index (χ1v) is 12.7. The van der Waals surface area contributed by atoms with Crippen molar-refractivity contribution in [2.45, 2.75) is 17.5 Å². The lowest BCUT2D eigenvalue weighted by Crippen LogP contribution is -2.49. The number of benzene rings is 3. The van der Waals surface area contributed by atoms with Crippen LogP contribution in [0.25, 0.3) is 6.08 Å². The number of ketones is 2. The second-order valence-corrected chi connectivity index (χ2v) is 10.1. The van der Waals surface area contributed by atoms with Crippen molar-refractivity contribution < 1.29 is 23.7 Å². The van der Waals surface area contributed by atoms with Gasteiger partial charge in [-0.25, -0.2) is 0 Å². The summed E-state index contributed by atoms with van der Waals surface area (Å²) in [7, 11) is 0. The monoisotopic (exact) mass is 531 g/mol. The molecule has 4 heterocycles. The number of nitrogens with zero attached hydrogens (tertiary/aromatic N) is 2. The summed E-state index contributed by atoms with van der Waals surface area (Å²) in [5.41, 5.74) is 1.18. The van der Waals surface area contributed by atoms with Crippen molar-refractivity contribution in [2.75, 3.05) is 5.32 Å². The smallest absolute Gasteiger partial charge is 0.270 e. The summed E-state index contributed by atoms with van der Waals surface area (Å²) in [5, 5.41) is 14.5. The van der Waals surface area contributed by atoms with Crippen LogP contribution < -0.4 is 5.32 Å². The maximum absolute atomic E-state index is 14.4. The van der Waals surface area contributed by atoms with Gasteiger partial charge in [0.05, 0.1) is 23.1 Å². The average Bonchev–Trinajstić information content (AvgIpc) is 3.69. The van der Waals surface area contributed by atoms with Crippen molar-refractivity contribution in [1.29, 1.82) is 0 Å². The van der Waals surface area contributed by atoms with E-state index in [1.165, 1.54) is 36.6 Å². The molecule has 0 bridgehead atoms. The summed E-state index contributed by atoms with van der Waals surface area (Å²) in [6.45, 7) is 0. The van der Waals surface area contributed by atoms with E-state index in [2.05, 4.69) is 5.32 Å². The minimum absolute atomic E-state index is 0.0236. The topological polar surface area (TPSA) is 123 Å². The lowest BCUT2D eigenvalue weighted by molar-refractivity contribution is -0.384. The van der Waals surface area contributed by atoms with Crippen molar-refractivity contribution in [3.05, 3.63) is 136 Å². The van der Waals surface area contributed by atoms with Gasteiger partial charge in [-0.1, -0.05) is 54.6 Å². The Hall–Kier alpha value is -5.31. The normalized spacial score (nSPS) is 23.9. The Morgan fingerprint density at radius 3 is 2.55 bits per heavy atom. The number of para-hydroxylation sites is 1. The maximum Gasteiger partial charge on any atom is 0.270 e. The zero-order chi connectivity index (χ0) is 27.6. The van der Waals surface area contributed by atoms with Crippen LogP contribution in [0.15, 0.2) is 102 Å². The molecule has 3 aliphatic rings. The van der Waals surface area contributed by atoms with Gasteiger partial charge in [-0.05, 0) is 41.0 Å². The Labute approximate surface area is 227 Å². The molecule has 9 heteroatoms. The highest BCUT2D eigenvalue weighted by Gasteiger charge is 2.71. The lowest BCUT2D eigenvalue weighted by Gasteiger charge is -2.38. The molecule has 4 aromatic rings. The van der Waals surface area contributed by atoms with Crippen LogP contribution >= 0.6 is 0 Å². The van der Waals surface area contributed by atoms with E-state index < -0.39 is 45.8 Å². The molecule has 1 aromatic heterocycles. The molecule has 0 saturated carbocycles. The van der Waals surface area contributed by atoms with Gasteiger partial charge in [-0.15, -0.1) is 0 Å². The van der Waals surface area contributed by atoms with Crippen molar-refractivity contribution in [1.82, 2.24) is 4.90 Å². The third kappa shape index (κ3) is 3.11. The number of nitro groups is 1. The fraction of sp³-hybridized carbons (Fsp3) is 0.129. The number of nitrogens with one attached hydrogen (secondary N) is 1. The molecule has 0 unspecified atom stereocenters. The molecule has 0 radical (unpaired) electrons. The first kappa shape index (κ1) is 23.8. The molecule has 40 heavy (non-hydrogen) atoms. The molecule has 9 nitrogen and oxygen atoms in total. The summed E-state index contributed by atoms with van der Waals surface area (Å²) < 4.78 is 5.52. The molecule has 1 fully saturated rings. The van der Waals surface area contributed by atoms with Crippen LogP contribution in [0.5, 0.6) is 0 Å². The molecule has 7 rings (SSSR count). The standard InChI is InChI=1S/C31H21N3O6/c35-27(19-8-5-9-20(17-19)34(38)39)26-25(28(36)24-13-6-16-40-24)31(22-11-3-4-12-23(22)32-30(31)37)29-21-10-2-1-7-18(21)14-15-33(26)29/h1-17,25-26,29H,(H,32,37)/t25-,26+,29+,31+/m1/s1. The van der Waals surface area contributed by atoms with Crippen LogP contribution in [0.4, 0.5) is 11.4 Å². The van der Waals surface area contributed by atoms with Crippen molar-refractivity contribution in [3.8, 4) is 0 Å². The fourth-order valence-electron chi connectivity index (χ4n) is 6.68. The Morgan fingerprint density at radius 2 is 1.75 bits per heavy atom. The number of Topliss-reactive ketones (excluding diaryl/α,β-unsaturated/α-hetero) is 2. The van der Waals surface area contributed by atoms with E-state index in [-0.39, 0.29) is 17.0 Å². The number of hydrogen-bond donors (Lipinski definition) is 1. The van der Waals surface area contributed by atoms with Crippen molar-refractivity contribution in [2.24, 2.45) is 5.92 Å². The molecule has 3 aromatic carbocycles. The van der Waals surface area contributed by atoms with E-state index >= 15 is 0 Å². The highest BCUT2D eigenvalue weighted by atomic mass is 16.6. The summed E-state index contributed by atoms with van der Waals surface area (Å²) in [4.78, 5) is 55.9. The molecule has 196 valence electrons. The SMILES string of the molecule is O=C(c1cccc([N+](=O)[O-])c1)[C@@H]1[C@H](C(=O)c2ccco2)[C@]2(C(=O)Nc3ccccc32)[C@@H]2c3ccccc3C=CN12. The molecule has 0 aliphatic carbocycles. The summed E-state index contributed by atoms with van der Waals surface area (Å²) in [5.74, 6) is -2.59. The number of carbonyl (C=O) groups is 3. The summed E-state index contributed by atoms with van der Waals surface area (Å²) in [6.07, 6.45) is 4.97. The van der Waals surface area contributed by atoms with Crippen LogP contribution in [-0.4, -0.2) is 33.3 Å². The number of hydrogen-bond acceptors (Lipinski definition) is 7. The fourth-order valence-corrected chi connectivity index (χ4v) is 6.68. The number of carbonyl (C=O) groups excluding carboxylic acids is 3. The predicted molar refractivity (Wildman–Crippen MR) is 145 cm³/mol. The Kier molecular flexibility index (Phi) is 5.11. The van der Waals surface area contributed by atoms with Gasteiger partial charge >= 0.3 is 0 Å². The Balaban J connectivity index is 1.53. The van der Waals surface area contributed by atoms with Crippen LogP contribution in [0.2, 0.25) is 0 Å². The van der Waals surface area contributed by atoms with E-state index in [9.17, 15) is 24.5 Å². The largest absolute Gasteiger partial charge is 0.461 e. The molecule has 1 N–H and O–H groups in total. The highest BCUT2D eigenvalue weighted by molar-refractivity contribution is 6.16. The van der Waals surface area contributed by atoms with Crippen molar-refractivity contribution >= 4 is 34.9 Å². The number of rotatable bonds is 5. The average molecular weight is 532 g/mol. The van der Waals surface area contributed by atoms with E-state index in [0.29, 0.717) is 11.3 Å².